The van der Waals surface area contributed by atoms with Gasteiger partial charge in [-0.15, -0.1) is 10.2 Å². The first-order chi connectivity index (χ1) is 13.1. The Bertz CT molecular complexity index is 954. The van der Waals surface area contributed by atoms with Crippen molar-refractivity contribution in [3.63, 3.8) is 0 Å². The monoisotopic (exact) mass is 395 g/mol. The molecular formula is C18H20F3N5O2. The molecule has 28 heavy (non-hydrogen) atoms. The molecule has 1 unspecified atom stereocenters. The summed E-state index contributed by atoms with van der Waals surface area (Å²) in [6.45, 7) is 6.20. The lowest BCUT2D eigenvalue weighted by Gasteiger charge is -2.28. The van der Waals surface area contributed by atoms with E-state index in [2.05, 4.69) is 20.2 Å². The third-order valence-corrected chi connectivity index (χ3v) is 4.17. The van der Waals surface area contributed by atoms with Crippen LogP contribution in [0.3, 0.4) is 0 Å². The van der Waals surface area contributed by atoms with E-state index in [1.54, 1.807) is 22.9 Å². The van der Waals surface area contributed by atoms with Crippen LogP contribution in [-0.4, -0.2) is 43.0 Å². The molecule has 3 heterocycles. The van der Waals surface area contributed by atoms with Gasteiger partial charge in [0.05, 0.1) is 11.9 Å². The summed E-state index contributed by atoms with van der Waals surface area (Å²) < 4.78 is 51.2. The van der Waals surface area contributed by atoms with Crippen LogP contribution in [0.25, 0.3) is 16.9 Å². The van der Waals surface area contributed by atoms with E-state index in [9.17, 15) is 13.2 Å². The van der Waals surface area contributed by atoms with Crippen molar-refractivity contribution in [2.45, 2.75) is 45.6 Å². The lowest BCUT2D eigenvalue weighted by Crippen LogP contribution is -2.44. The molecule has 0 N–H and O–H groups in total. The van der Waals surface area contributed by atoms with Crippen LogP contribution in [0.15, 0.2) is 30.7 Å². The van der Waals surface area contributed by atoms with Gasteiger partial charge in [0, 0.05) is 30.6 Å². The van der Waals surface area contributed by atoms with Gasteiger partial charge in [-0.2, -0.15) is 13.2 Å². The third kappa shape index (κ3) is 3.91. The topological polar surface area (TPSA) is 74.4 Å². The average Bonchev–Trinajstić information content (AvgIpc) is 3.04. The number of pyridine rings is 1. The zero-order chi connectivity index (χ0) is 20.5. The van der Waals surface area contributed by atoms with Crippen LogP contribution in [0, 0.1) is 0 Å². The fourth-order valence-corrected chi connectivity index (χ4v) is 2.48. The van der Waals surface area contributed by atoms with E-state index in [0.29, 0.717) is 29.3 Å². The summed E-state index contributed by atoms with van der Waals surface area (Å²) in [4.78, 5) is 8.30. The van der Waals surface area contributed by atoms with E-state index >= 15 is 0 Å². The summed E-state index contributed by atoms with van der Waals surface area (Å²) in [5, 5.41) is 8.19. The van der Waals surface area contributed by atoms with E-state index < -0.39 is 11.8 Å². The standard InChI is InChI=1S/C18H20F3N5O2/c1-5-27-11(2)16-25-24-14-9-22-13(10-26(14)16)12-6-7-15(23-8-12)28-17(3,4)18(19,20)21/h6-11H,5H2,1-4H3. The van der Waals surface area contributed by atoms with Crippen LogP contribution < -0.4 is 4.74 Å². The minimum absolute atomic E-state index is 0.123. The maximum Gasteiger partial charge on any atom is 0.427 e. The van der Waals surface area contributed by atoms with Crippen molar-refractivity contribution in [3.8, 4) is 17.1 Å². The number of rotatable bonds is 6. The van der Waals surface area contributed by atoms with Crippen molar-refractivity contribution in [3.05, 3.63) is 36.5 Å². The Hall–Kier alpha value is -2.75. The lowest BCUT2D eigenvalue weighted by molar-refractivity contribution is -0.235. The Kier molecular flexibility index (Phi) is 5.24. The molecule has 0 radical (unpaired) electrons. The van der Waals surface area contributed by atoms with Crippen LogP contribution >= 0.6 is 0 Å². The minimum Gasteiger partial charge on any atom is -0.462 e. The third-order valence-electron chi connectivity index (χ3n) is 4.17. The summed E-state index contributed by atoms with van der Waals surface area (Å²) in [5.74, 6) is 0.502. The van der Waals surface area contributed by atoms with Crippen LogP contribution in [0.4, 0.5) is 13.2 Å². The molecule has 0 aliphatic carbocycles. The predicted octanol–water partition coefficient (Wildman–Crippen LogP) is 4.00. The van der Waals surface area contributed by atoms with E-state index in [1.807, 2.05) is 13.8 Å². The molecule has 3 aromatic rings. The number of hydrogen-bond acceptors (Lipinski definition) is 6. The highest BCUT2D eigenvalue weighted by Crippen LogP contribution is 2.33. The maximum absolute atomic E-state index is 13.0. The first-order valence-electron chi connectivity index (χ1n) is 8.67. The fraction of sp³-hybridized carbons (Fsp3) is 0.444. The van der Waals surface area contributed by atoms with Gasteiger partial charge in [0.25, 0.3) is 0 Å². The predicted molar refractivity (Wildman–Crippen MR) is 94.8 cm³/mol. The lowest BCUT2D eigenvalue weighted by atomic mass is 10.1. The number of alkyl halides is 3. The average molecular weight is 395 g/mol. The van der Waals surface area contributed by atoms with Gasteiger partial charge in [-0.1, -0.05) is 0 Å². The molecule has 3 aromatic heterocycles. The number of fused-ring (bicyclic) bond motifs is 1. The molecule has 150 valence electrons. The van der Waals surface area contributed by atoms with Crippen LogP contribution in [-0.2, 0) is 4.74 Å². The minimum atomic E-state index is -4.51. The van der Waals surface area contributed by atoms with Gasteiger partial charge < -0.3 is 9.47 Å². The van der Waals surface area contributed by atoms with Crippen molar-refractivity contribution in [1.29, 1.82) is 0 Å². The number of halogens is 3. The molecule has 0 saturated heterocycles. The number of aromatic nitrogens is 5. The number of ether oxygens (including phenoxy) is 2. The number of nitrogens with zero attached hydrogens (tertiary/aromatic N) is 5. The summed E-state index contributed by atoms with van der Waals surface area (Å²) >= 11 is 0. The van der Waals surface area contributed by atoms with Crippen molar-refractivity contribution >= 4 is 5.65 Å². The zero-order valence-electron chi connectivity index (χ0n) is 15.9. The number of hydrogen-bond donors (Lipinski definition) is 0. The first-order valence-corrected chi connectivity index (χ1v) is 8.67. The molecule has 10 heteroatoms. The second kappa shape index (κ2) is 7.34. The highest BCUT2D eigenvalue weighted by Gasteiger charge is 2.50. The quantitative estimate of drug-likeness (QED) is 0.628. The fourth-order valence-electron chi connectivity index (χ4n) is 2.48. The van der Waals surface area contributed by atoms with Gasteiger partial charge in [-0.25, -0.2) is 4.98 Å². The van der Waals surface area contributed by atoms with Gasteiger partial charge in [-0.3, -0.25) is 9.38 Å². The molecule has 0 aromatic carbocycles. The summed E-state index contributed by atoms with van der Waals surface area (Å²) in [6, 6.07) is 2.98. The Balaban J connectivity index is 1.87. The van der Waals surface area contributed by atoms with Crippen LogP contribution in [0.1, 0.15) is 39.6 Å². The normalized spacial score (nSPS) is 13.7. The highest BCUT2D eigenvalue weighted by molar-refractivity contribution is 5.59. The summed E-state index contributed by atoms with van der Waals surface area (Å²) in [7, 11) is 0. The molecule has 0 fully saturated rings. The van der Waals surface area contributed by atoms with Crippen molar-refractivity contribution < 1.29 is 22.6 Å². The SMILES string of the molecule is CCOC(C)c1nnc2cnc(-c3ccc(OC(C)(C)C(F)(F)F)nc3)cn12. The van der Waals surface area contributed by atoms with Gasteiger partial charge in [0.2, 0.25) is 5.88 Å². The van der Waals surface area contributed by atoms with Crippen molar-refractivity contribution in [2.75, 3.05) is 6.61 Å². The molecule has 0 saturated carbocycles. The zero-order valence-corrected chi connectivity index (χ0v) is 15.9. The largest absolute Gasteiger partial charge is 0.462 e. The molecule has 0 aliphatic heterocycles. The summed E-state index contributed by atoms with van der Waals surface area (Å²) in [5.41, 5.74) is -0.606. The second-order valence-electron chi connectivity index (χ2n) is 6.65. The highest BCUT2D eigenvalue weighted by atomic mass is 19.4. The van der Waals surface area contributed by atoms with E-state index in [0.717, 1.165) is 13.8 Å². The second-order valence-corrected chi connectivity index (χ2v) is 6.65. The summed E-state index contributed by atoms with van der Waals surface area (Å²) in [6.07, 6.45) is -0.0683. The maximum atomic E-state index is 13.0. The molecule has 3 rings (SSSR count). The van der Waals surface area contributed by atoms with Gasteiger partial charge >= 0.3 is 6.18 Å². The molecular weight excluding hydrogens is 375 g/mol. The molecule has 7 nitrogen and oxygen atoms in total. The van der Waals surface area contributed by atoms with E-state index in [-0.39, 0.29) is 12.0 Å². The van der Waals surface area contributed by atoms with Gasteiger partial charge in [-0.05, 0) is 33.8 Å². The smallest absolute Gasteiger partial charge is 0.427 e. The Morgan fingerprint density at radius 3 is 2.46 bits per heavy atom. The van der Waals surface area contributed by atoms with E-state index in [4.69, 9.17) is 9.47 Å². The molecule has 0 amide bonds. The van der Waals surface area contributed by atoms with Crippen molar-refractivity contribution in [2.24, 2.45) is 0 Å². The van der Waals surface area contributed by atoms with E-state index in [1.165, 1.54) is 12.3 Å². The molecule has 0 spiro atoms. The molecule has 0 aliphatic rings. The molecule has 1 atom stereocenters. The molecule has 0 bridgehead atoms. The van der Waals surface area contributed by atoms with Crippen LogP contribution in [0.5, 0.6) is 5.88 Å². The van der Waals surface area contributed by atoms with Crippen LogP contribution in [0.2, 0.25) is 0 Å². The Morgan fingerprint density at radius 2 is 1.86 bits per heavy atom. The Labute approximate surface area is 159 Å². The Morgan fingerprint density at radius 1 is 1.11 bits per heavy atom. The van der Waals surface area contributed by atoms with Gasteiger partial charge in [0.15, 0.2) is 17.1 Å². The van der Waals surface area contributed by atoms with Gasteiger partial charge in [0.1, 0.15) is 6.10 Å². The first kappa shape index (κ1) is 20.0. The van der Waals surface area contributed by atoms with Crippen molar-refractivity contribution in [1.82, 2.24) is 24.6 Å².